The van der Waals surface area contributed by atoms with Gasteiger partial charge >= 0.3 is 12.1 Å². The lowest BCUT2D eigenvalue weighted by atomic mass is 9.83. The van der Waals surface area contributed by atoms with Crippen molar-refractivity contribution in [1.29, 1.82) is 0 Å². The summed E-state index contributed by atoms with van der Waals surface area (Å²) < 4.78 is 5.30. The van der Waals surface area contributed by atoms with Crippen LogP contribution in [-0.4, -0.2) is 77.9 Å². The number of amides is 5. The van der Waals surface area contributed by atoms with Crippen molar-refractivity contribution in [1.82, 2.24) is 26.6 Å². The third-order valence-electron chi connectivity index (χ3n) is 8.74. The van der Waals surface area contributed by atoms with Crippen molar-refractivity contribution in [3.05, 3.63) is 70.7 Å². The predicted octanol–water partition coefficient (Wildman–Crippen LogP) is 3.61. The number of aliphatic carboxylic acids is 1. The molecule has 6 N–H and O–H groups in total. The van der Waals surface area contributed by atoms with E-state index in [0.29, 0.717) is 35.4 Å². The Labute approximate surface area is 314 Å². The van der Waals surface area contributed by atoms with Crippen LogP contribution in [0.4, 0.5) is 4.79 Å². The Kier molecular flexibility index (Phi) is 17.2. The third-order valence-corrected chi connectivity index (χ3v) is 8.99. The summed E-state index contributed by atoms with van der Waals surface area (Å²) in [4.78, 5) is 91.0. The number of hydrogen-bond donors (Lipinski definition) is 6. The van der Waals surface area contributed by atoms with E-state index >= 15 is 0 Å². The van der Waals surface area contributed by atoms with Crippen molar-refractivity contribution in [2.75, 3.05) is 13.2 Å². The lowest BCUT2D eigenvalue weighted by Crippen LogP contribution is -2.59. The molecule has 2 aromatic rings. The Morgan fingerprint density at radius 2 is 1.47 bits per heavy atom. The van der Waals surface area contributed by atoms with Crippen LogP contribution < -0.4 is 26.6 Å². The molecule has 1 saturated carbocycles. The van der Waals surface area contributed by atoms with Gasteiger partial charge in [-0.1, -0.05) is 101 Å². The Morgan fingerprint density at radius 1 is 0.830 bits per heavy atom. The molecule has 4 atom stereocenters. The molecule has 288 valence electrons. The summed E-state index contributed by atoms with van der Waals surface area (Å²) in [5.41, 5.74) is 0.958. The summed E-state index contributed by atoms with van der Waals surface area (Å²) in [5, 5.41) is 22.7. The minimum absolute atomic E-state index is 0.00448. The first kappa shape index (κ1) is 42.4. The van der Waals surface area contributed by atoms with Crippen LogP contribution in [0.15, 0.2) is 54.6 Å². The second kappa shape index (κ2) is 21.5. The van der Waals surface area contributed by atoms with Gasteiger partial charge in [0.15, 0.2) is 6.04 Å². The first-order valence-corrected chi connectivity index (χ1v) is 18.3. The Morgan fingerprint density at radius 3 is 2.08 bits per heavy atom. The van der Waals surface area contributed by atoms with Gasteiger partial charge < -0.3 is 36.4 Å². The largest absolute Gasteiger partial charge is 0.479 e. The zero-order valence-electron chi connectivity index (χ0n) is 30.3. The second-order valence-electron chi connectivity index (χ2n) is 13.6. The molecule has 0 bridgehead atoms. The molecular formula is C38H50ClN5O9. The van der Waals surface area contributed by atoms with E-state index in [2.05, 4.69) is 26.6 Å². The molecule has 0 saturated heterocycles. The van der Waals surface area contributed by atoms with E-state index in [4.69, 9.17) is 16.3 Å². The normalized spacial score (nSPS) is 15.2. The van der Waals surface area contributed by atoms with Gasteiger partial charge in [-0.15, -0.1) is 0 Å². The SMILES string of the molecule is CCCC(NC(=O)[C@H](Cc1ccc(Cl)cc1)NC(=O)[C@@H](NC(=O)OCC(C)C)C1CCCCC1)C(=O)C(=O)NCC(=O)NC(C(=O)O)c1ccccc1. The van der Waals surface area contributed by atoms with Crippen LogP contribution in [0.5, 0.6) is 0 Å². The van der Waals surface area contributed by atoms with E-state index in [1.165, 1.54) is 12.1 Å². The number of ketones is 1. The third kappa shape index (κ3) is 14.2. The fraction of sp³-hybridized carbons (Fsp3) is 0.500. The number of rotatable bonds is 19. The van der Waals surface area contributed by atoms with Crippen LogP contribution in [0.2, 0.25) is 5.02 Å². The van der Waals surface area contributed by atoms with Gasteiger partial charge in [-0.05, 0) is 54.4 Å². The molecule has 0 radical (unpaired) electrons. The number of nitrogens with one attached hydrogen (secondary N) is 5. The number of carboxylic acids is 1. The molecule has 15 heteroatoms. The molecule has 2 unspecified atom stereocenters. The van der Waals surface area contributed by atoms with Crippen molar-refractivity contribution >= 4 is 53.1 Å². The standard InChI is InChI=1S/C38H50ClN5O9/c1-4-11-28(33(46)36(49)40-21-30(45)43-32(37(50)51)26-14-9-6-10-15-26)41-34(47)29(20-24-16-18-27(39)19-17-24)42-35(48)31(25-12-7-5-8-13-25)44-38(52)53-22-23(2)3/h6,9-10,14-19,23,25,28-29,31-32H,4-5,7-8,11-13,20-22H2,1-3H3,(H,40,49)(H,41,47)(H,42,48)(H,43,45)(H,44,52)(H,50,51)/t28?,29-,31-,32?/m0/s1. The van der Waals surface area contributed by atoms with Gasteiger partial charge in [0.1, 0.15) is 12.1 Å². The summed E-state index contributed by atoms with van der Waals surface area (Å²) in [6, 6.07) is 9.71. The smallest absolute Gasteiger partial charge is 0.407 e. The van der Waals surface area contributed by atoms with Crippen LogP contribution in [0.25, 0.3) is 0 Å². The number of benzene rings is 2. The fourth-order valence-corrected chi connectivity index (χ4v) is 6.11. The number of Topliss-reactive ketones (excluding diaryl/α,β-unsaturated/α-hetero) is 1. The van der Waals surface area contributed by atoms with E-state index in [9.17, 15) is 38.7 Å². The summed E-state index contributed by atoms with van der Waals surface area (Å²) >= 11 is 6.07. The number of halogens is 1. The van der Waals surface area contributed by atoms with Crippen molar-refractivity contribution in [2.24, 2.45) is 11.8 Å². The van der Waals surface area contributed by atoms with Crippen LogP contribution in [0.3, 0.4) is 0 Å². The highest BCUT2D eigenvalue weighted by Gasteiger charge is 2.35. The first-order valence-electron chi connectivity index (χ1n) is 18.0. The Hall–Kier alpha value is -4.98. The zero-order chi connectivity index (χ0) is 38.9. The molecular weight excluding hydrogens is 706 g/mol. The maximum absolute atomic E-state index is 13.9. The van der Waals surface area contributed by atoms with Gasteiger partial charge in [0.25, 0.3) is 5.91 Å². The summed E-state index contributed by atoms with van der Waals surface area (Å²) in [5.74, 6) is -5.81. The molecule has 1 fully saturated rings. The van der Waals surface area contributed by atoms with Gasteiger partial charge in [0.05, 0.1) is 19.2 Å². The van der Waals surface area contributed by atoms with Crippen LogP contribution >= 0.6 is 11.6 Å². The molecule has 53 heavy (non-hydrogen) atoms. The highest BCUT2D eigenvalue weighted by atomic mass is 35.5. The fourth-order valence-electron chi connectivity index (χ4n) is 5.98. The number of alkyl carbamates (subject to hydrolysis) is 1. The number of carbonyl (C=O) groups is 7. The number of hydrogen-bond acceptors (Lipinski definition) is 8. The van der Waals surface area contributed by atoms with Crippen LogP contribution in [0, 0.1) is 11.8 Å². The maximum atomic E-state index is 13.9. The molecule has 2 aromatic carbocycles. The predicted molar refractivity (Wildman–Crippen MR) is 197 cm³/mol. The highest BCUT2D eigenvalue weighted by molar-refractivity contribution is 6.38. The molecule has 0 aromatic heterocycles. The quantitative estimate of drug-likeness (QED) is 0.116. The summed E-state index contributed by atoms with van der Waals surface area (Å²) in [7, 11) is 0. The zero-order valence-corrected chi connectivity index (χ0v) is 31.1. The Bertz CT molecular complexity index is 1570. The minimum Gasteiger partial charge on any atom is -0.479 e. The van der Waals surface area contributed by atoms with E-state index in [1.54, 1.807) is 49.4 Å². The van der Waals surface area contributed by atoms with E-state index < -0.39 is 72.2 Å². The van der Waals surface area contributed by atoms with Crippen LogP contribution in [-0.2, 0) is 39.9 Å². The van der Waals surface area contributed by atoms with Gasteiger partial charge in [-0.3, -0.25) is 24.0 Å². The summed E-state index contributed by atoms with van der Waals surface area (Å²) in [6.45, 7) is 4.99. The van der Waals surface area contributed by atoms with Crippen LogP contribution in [0.1, 0.15) is 82.9 Å². The van der Waals surface area contributed by atoms with E-state index in [-0.39, 0.29) is 31.3 Å². The highest BCUT2D eigenvalue weighted by Crippen LogP contribution is 2.27. The van der Waals surface area contributed by atoms with Gasteiger partial charge in [-0.25, -0.2) is 9.59 Å². The molecule has 3 rings (SSSR count). The van der Waals surface area contributed by atoms with E-state index in [0.717, 1.165) is 19.3 Å². The molecule has 0 aliphatic heterocycles. The number of carboxylic acid groups (broad SMARTS) is 1. The van der Waals surface area contributed by atoms with Gasteiger partial charge in [0.2, 0.25) is 23.5 Å². The second-order valence-corrected chi connectivity index (χ2v) is 14.0. The monoisotopic (exact) mass is 755 g/mol. The molecule has 0 spiro atoms. The van der Waals surface area contributed by atoms with Gasteiger partial charge in [0, 0.05) is 11.4 Å². The van der Waals surface area contributed by atoms with E-state index in [1.807, 2.05) is 13.8 Å². The average molecular weight is 756 g/mol. The first-order chi connectivity index (χ1) is 25.3. The number of carbonyl (C=O) groups excluding carboxylic acids is 6. The maximum Gasteiger partial charge on any atom is 0.407 e. The Balaban J connectivity index is 1.75. The minimum atomic E-state index is -1.38. The lowest BCUT2D eigenvalue weighted by molar-refractivity contribution is -0.142. The molecule has 1 aliphatic carbocycles. The van der Waals surface area contributed by atoms with Crippen molar-refractivity contribution in [2.45, 2.75) is 96.3 Å². The molecule has 1 aliphatic rings. The lowest BCUT2D eigenvalue weighted by Gasteiger charge is -2.31. The van der Waals surface area contributed by atoms with Crippen molar-refractivity contribution in [3.63, 3.8) is 0 Å². The summed E-state index contributed by atoms with van der Waals surface area (Å²) in [6.07, 6.45) is 3.86. The molecule has 0 heterocycles. The average Bonchev–Trinajstić information content (AvgIpc) is 3.14. The molecule has 14 nitrogen and oxygen atoms in total. The number of ether oxygens (including phenoxy) is 1. The van der Waals surface area contributed by atoms with Crippen molar-refractivity contribution in [3.8, 4) is 0 Å². The topological polar surface area (TPSA) is 209 Å². The van der Waals surface area contributed by atoms with Gasteiger partial charge in [-0.2, -0.15) is 0 Å². The molecule has 5 amide bonds. The van der Waals surface area contributed by atoms with Crippen molar-refractivity contribution < 1.29 is 43.4 Å².